The first kappa shape index (κ1) is 23.2. The lowest BCUT2D eigenvalue weighted by Gasteiger charge is -2.21. The van der Waals surface area contributed by atoms with Crippen molar-refractivity contribution < 1.29 is 14.3 Å². The van der Waals surface area contributed by atoms with Crippen molar-refractivity contribution in [3.05, 3.63) is 23.8 Å². The number of guanidine groups is 1. The Hall–Kier alpha value is -2.44. The highest BCUT2D eigenvalue weighted by Crippen LogP contribution is 2.28. The zero-order valence-electron chi connectivity index (χ0n) is 19.3. The van der Waals surface area contributed by atoms with Crippen LogP contribution in [0.5, 0.6) is 11.5 Å². The third kappa shape index (κ3) is 6.52. The molecule has 2 fully saturated rings. The second kappa shape index (κ2) is 11.8. The van der Waals surface area contributed by atoms with E-state index >= 15 is 0 Å². The molecule has 1 aromatic carbocycles. The molecule has 1 heterocycles. The van der Waals surface area contributed by atoms with Gasteiger partial charge in [-0.3, -0.25) is 9.79 Å². The number of hydrogen-bond donors (Lipinski definition) is 2. The van der Waals surface area contributed by atoms with Gasteiger partial charge in [-0.15, -0.1) is 0 Å². The lowest BCUT2D eigenvalue weighted by molar-refractivity contribution is -0.134. The van der Waals surface area contributed by atoms with E-state index < -0.39 is 0 Å². The first-order valence-corrected chi connectivity index (χ1v) is 11.7. The summed E-state index contributed by atoms with van der Waals surface area (Å²) in [6.07, 6.45) is 7.39. The van der Waals surface area contributed by atoms with Gasteiger partial charge >= 0.3 is 0 Å². The smallest absolute Gasteiger partial charge is 0.225 e. The minimum absolute atomic E-state index is 0.261. The van der Waals surface area contributed by atoms with Gasteiger partial charge in [0.25, 0.3) is 0 Å². The first-order chi connectivity index (χ1) is 15.1. The number of nitrogens with one attached hydrogen (secondary N) is 2. The molecule has 1 aliphatic carbocycles. The van der Waals surface area contributed by atoms with Crippen LogP contribution in [0.1, 0.15) is 51.0 Å². The molecule has 1 amide bonds. The summed E-state index contributed by atoms with van der Waals surface area (Å²) in [4.78, 5) is 19.5. The van der Waals surface area contributed by atoms with Gasteiger partial charge in [-0.2, -0.15) is 0 Å². The van der Waals surface area contributed by atoms with Crippen molar-refractivity contribution in [3.8, 4) is 11.5 Å². The minimum atomic E-state index is 0.261. The van der Waals surface area contributed by atoms with Crippen LogP contribution in [-0.2, 0) is 11.2 Å². The van der Waals surface area contributed by atoms with Crippen molar-refractivity contribution in [1.29, 1.82) is 0 Å². The molecule has 0 radical (unpaired) electrons. The fraction of sp³-hybridized carbons (Fsp3) is 0.667. The van der Waals surface area contributed by atoms with Gasteiger partial charge < -0.3 is 25.0 Å². The molecule has 1 atom stereocenters. The van der Waals surface area contributed by atoms with Crippen LogP contribution < -0.4 is 20.1 Å². The molecule has 172 valence electrons. The molecule has 2 aliphatic rings. The van der Waals surface area contributed by atoms with Gasteiger partial charge in [0.1, 0.15) is 0 Å². The van der Waals surface area contributed by atoms with Crippen LogP contribution in [-0.4, -0.2) is 63.2 Å². The number of amides is 1. The SMILES string of the molecule is CCNC(=NCCCc1ccc(OC)c(OC)c1)NC1CCN(C(=O)C2CCCC2)C1. The van der Waals surface area contributed by atoms with Crippen LogP contribution in [0, 0.1) is 5.92 Å². The Morgan fingerprint density at radius 3 is 2.65 bits per heavy atom. The summed E-state index contributed by atoms with van der Waals surface area (Å²) in [5.41, 5.74) is 1.21. The molecular weight excluding hydrogens is 392 g/mol. The Bertz CT molecular complexity index is 746. The van der Waals surface area contributed by atoms with E-state index in [2.05, 4.69) is 23.6 Å². The zero-order valence-corrected chi connectivity index (χ0v) is 19.3. The van der Waals surface area contributed by atoms with Crippen molar-refractivity contribution in [3.63, 3.8) is 0 Å². The standard InChI is InChI=1S/C24H38N4O3/c1-4-25-24(26-14-7-8-18-11-12-21(30-2)22(16-18)31-3)27-20-13-15-28(17-20)23(29)19-9-5-6-10-19/h11-12,16,19-20H,4-10,13-15,17H2,1-3H3,(H2,25,26,27). The van der Waals surface area contributed by atoms with E-state index in [1.54, 1.807) is 14.2 Å². The summed E-state index contributed by atoms with van der Waals surface area (Å²) >= 11 is 0. The average molecular weight is 431 g/mol. The van der Waals surface area contributed by atoms with Gasteiger partial charge in [-0.25, -0.2) is 0 Å². The second-order valence-corrected chi connectivity index (χ2v) is 8.45. The fourth-order valence-electron chi connectivity index (χ4n) is 4.53. The van der Waals surface area contributed by atoms with E-state index in [0.29, 0.717) is 5.91 Å². The van der Waals surface area contributed by atoms with Gasteiger partial charge in [-0.05, 0) is 56.7 Å². The molecule has 1 aromatic rings. The lowest BCUT2D eigenvalue weighted by Crippen LogP contribution is -2.45. The molecule has 1 unspecified atom stereocenters. The number of ether oxygens (including phenoxy) is 2. The maximum absolute atomic E-state index is 12.7. The summed E-state index contributed by atoms with van der Waals surface area (Å²) in [7, 11) is 3.31. The van der Waals surface area contributed by atoms with E-state index in [9.17, 15) is 4.79 Å². The number of aryl methyl sites for hydroxylation is 1. The van der Waals surface area contributed by atoms with Gasteiger partial charge in [-0.1, -0.05) is 18.9 Å². The van der Waals surface area contributed by atoms with Crippen molar-refractivity contribution in [2.24, 2.45) is 10.9 Å². The number of likely N-dealkylation sites (tertiary alicyclic amines) is 1. The number of methoxy groups -OCH3 is 2. The van der Waals surface area contributed by atoms with E-state index in [0.717, 1.165) is 75.7 Å². The van der Waals surface area contributed by atoms with Crippen LogP contribution in [0.3, 0.4) is 0 Å². The van der Waals surface area contributed by atoms with E-state index in [1.165, 1.54) is 18.4 Å². The molecular formula is C24H38N4O3. The van der Waals surface area contributed by atoms with E-state index in [1.807, 2.05) is 17.0 Å². The summed E-state index contributed by atoms with van der Waals surface area (Å²) in [6, 6.07) is 6.32. The van der Waals surface area contributed by atoms with Gasteiger partial charge in [0.05, 0.1) is 14.2 Å². The highest BCUT2D eigenvalue weighted by Gasteiger charge is 2.32. The minimum Gasteiger partial charge on any atom is -0.493 e. The average Bonchev–Trinajstić information content (AvgIpc) is 3.48. The molecule has 0 spiro atoms. The van der Waals surface area contributed by atoms with Crippen LogP contribution in [0.2, 0.25) is 0 Å². The lowest BCUT2D eigenvalue weighted by atomic mass is 10.1. The predicted molar refractivity (Wildman–Crippen MR) is 124 cm³/mol. The van der Waals surface area contributed by atoms with Crippen molar-refractivity contribution in [2.45, 2.75) is 57.9 Å². The second-order valence-electron chi connectivity index (χ2n) is 8.45. The molecule has 0 bridgehead atoms. The largest absolute Gasteiger partial charge is 0.493 e. The highest BCUT2D eigenvalue weighted by atomic mass is 16.5. The maximum Gasteiger partial charge on any atom is 0.225 e. The summed E-state index contributed by atoms with van der Waals surface area (Å²) < 4.78 is 10.7. The number of aliphatic imine (C=N–C) groups is 1. The number of benzene rings is 1. The number of carbonyl (C=O) groups excluding carboxylic acids is 1. The molecule has 1 aliphatic heterocycles. The molecule has 2 N–H and O–H groups in total. The molecule has 1 saturated heterocycles. The fourth-order valence-corrected chi connectivity index (χ4v) is 4.53. The van der Waals surface area contributed by atoms with Crippen LogP contribution in [0.4, 0.5) is 0 Å². The van der Waals surface area contributed by atoms with Crippen LogP contribution in [0.25, 0.3) is 0 Å². The molecule has 0 aromatic heterocycles. The molecule has 7 nitrogen and oxygen atoms in total. The number of hydrogen-bond acceptors (Lipinski definition) is 4. The molecule has 7 heteroatoms. The van der Waals surface area contributed by atoms with Gasteiger partial charge in [0, 0.05) is 38.1 Å². The van der Waals surface area contributed by atoms with Gasteiger partial charge in [0.2, 0.25) is 5.91 Å². The van der Waals surface area contributed by atoms with Crippen LogP contribution in [0.15, 0.2) is 23.2 Å². The number of nitrogens with zero attached hydrogens (tertiary/aromatic N) is 2. The summed E-state index contributed by atoms with van der Waals surface area (Å²) in [5.74, 6) is 2.97. The topological polar surface area (TPSA) is 75.2 Å². The Morgan fingerprint density at radius 1 is 1.16 bits per heavy atom. The van der Waals surface area contributed by atoms with Crippen molar-refractivity contribution in [2.75, 3.05) is 40.4 Å². The Balaban J connectivity index is 1.46. The summed E-state index contributed by atoms with van der Waals surface area (Å²) in [5, 5.41) is 6.87. The van der Waals surface area contributed by atoms with Crippen LogP contribution >= 0.6 is 0 Å². The van der Waals surface area contributed by atoms with Gasteiger partial charge in [0.15, 0.2) is 17.5 Å². The first-order valence-electron chi connectivity index (χ1n) is 11.7. The van der Waals surface area contributed by atoms with E-state index in [4.69, 9.17) is 14.5 Å². The monoisotopic (exact) mass is 430 g/mol. The quantitative estimate of drug-likeness (QED) is 0.358. The van der Waals surface area contributed by atoms with E-state index in [-0.39, 0.29) is 12.0 Å². The number of rotatable bonds is 9. The predicted octanol–water partition coefficient (Wildman–Crippen LogP) is 2.98. The highest BCUT2D eigenvalue weighted by molar-refractivity contribution is 5.81. The normalized spacial score (nSPS) is 19.5. The Kier molecular flexibility index (Phi) is 8.85. The zero-order chi connectivity index (χ0) is 22.1. The molecule has 1 saturated carbocycles. The Labute approximate surface area is 186 Å². The van der Waals surface area contributed by atoms with Crippen molar-refractivity contribution >= 4 is 11.9 Å². The maximum atomic E-state index is 12.7. The Morgan fingerprint density at radius 2 is 1.94 bits per heavy atom. The third-order valence-electron chi connectivity index (χ3n) is 6.23. The number of carbonyl (C=O) groups is 1. The summed E-state index contributed by atoms with van der Waals surface area (Å²) in [6.45, 7) is 5.27. The van der Waals surface area contributed by atoms with Crippen molar-refractivity contribution in [1.82, 2.24) is 15.5 Å². The molecule has 3 rings (SSSR count). The molecule has 31 heavy (non-hydrogen) atoms. The third-order valence-corrected chi connectivity index (χ3v) is 6.23.